The molecule has 1 N–H and O–H groups in total. The number of halogens is 1. The number of ketones is 1. The van der Waals surface area contributed by atoms with Gasteiger partial charge in [-0.1, -0.05) is 0 Å². The number of aliphatic hydroxyl groups excluding tert-OH is 1. The number of carbonyl (C=O) groups is 1. The molecule has 0 aromatic heterocycles. The van der Waals surface area contributed by atoms with Gasteiger partial charge < -0.3 is 10.0 Å². The molecule has 0 spiro atoms. The molecule has 0 amide bonds. The molecule has 1 fully saturated rings. The fourth-order valence-corrected chi connectivity index (χ4v) is 2.32. The average molecular weight is 251 g/mol. The lowest BCUT2D eigenvalue weighted by atomic mass is 10.0. The van der Waals surface area contributed by atoms with E-state index in [4.69, 9.17) is 0 Å². The zero-order valence-electron chi connectivity index (χ0n) is 10.7. The summed E-state index contributed by atoms with van der Waals surface area (Å²) in [6.07, 6.45) is 1.12. The second-order valence-electron chi connectivity index (χ2n) is 4.89. The molecule has 2 rings (SSSR count). The van der Waals surface area contributed by atoms with Crippen LogP contribution in [0.25, 0.3) is 0 Å². The van der Waals surface area contributed by atoms with E-state index in [0.717, 1.165) is 5.69 Å². The first-order valence-corrected chi connectivity index (χ1v) is 6.23. The summed E-state index contributed by atoms with van der Waals surface area (Å²) < 4.78 is 13.5. The smallest absolute Gasteiger partial charge is 0.161 e. The Morgan fingerprint density at radius 2 is 2.00 bits per heavy atom. The molecule has 1 saturated heterocycles. The van der Waals surface area contributed by atoms with Gasteiger partial charge in [0.1, 0.15) is 5.82 Å². The van der Waals surface area contributed by atoms with Crippen molar-refractivity contribution in [1.82, 2.24) is 0 Å². The third-order valence-corrected chi connectivity index (χ3v) is 3.46. The second kappa shape index (κ2) is 5.06. The molecular weight excluding hydrogens is 233 g/mol. The van der Waals surface area contributed by atoms with Crippen molar-refractivity contribution in [3.05, 3.63) is 29.1 Å². The normalized spacial score (nSPS) is 17.0. The van der Waals surface area contributed by atoms with Crippen LogP contribution in [0.1, 0.15) is 35.7 Å². The molecule has 1 aromatic carbocycles. The van der Waals surface area contributed by atoms with Crippen molar-refractivity contribution >= 4 is 11.5 Å². The van der Waals surface area contributed by atoms with Crippen molar-refractivity contribution in [2.24, 2.45) is 0 Å². The van der Waals surface area contributed by atoms with Gasteiger partial charge in [-0.3, -0.25) is 4.79 Å². The zero-order valence-corrected chi connectivity index (χ0v) is 10.7. The van der Waals surface area contributed by atoms with Gasteiger partial charge in [0, 0.05) is 24.3 Å². The molecule has 1 aliphatic heterocycles. The van der Waals surface area contributed by atoms with Gasteiger partial charge in [0.25, 0.3) is 0 Å². The van der Waals surface area contributed by atoms with E-state index < -0.39 is 0 Å². The van der Waals surface area contributed by atoms with Gasteiger partial charge in [0.2, 0.25) is 0 Å². The minimum atomic E-state index is -0.346. The van der Waals surface area contributed by atoms with Crippen LogP contribution in [0.4, 0.5) is 10.1 Å². The van der Waals surface area contributed by atoms with Crippen molar-refractivity contribution < 1.29 is 14.3 Å². The van der Waals surface area contributed by atoms with Gasteiger partial charge in [-0.2, -0.15) is 0 Å². The maximum absolute atomic E-state index is 13.5. The third-order valence-electron chi connectivity index (χ3n) is 3.46. The number of piperidine rings is 1. The minimum absolute atomic E-state index is 0.130. The monoisotopic (exact) mass is 251 g/mol. The van der Waals surface area contributed by atoms with Gasteiger partial charge in [-0.15, -0.1) is 0 Å². The average Bonchev–Trinajstić information content (AvgIpc) is 2.33. The fraction of sp³-hybridized carbons (Fsp3) is 0.500. The van der Waals surface area contributed by atoms with Crippen LogP contribution < -0.4 is 4.90 Å². The summed E-state index contributed by atoms with van der Waals surface area (Å²) in [5.74, 6) is -0.476. The molecule has 1 heterocycles. The fourth-order valence-electron chi connectivity index (χ4n) is 2.32. The van der Waals surface area contributed by atoms with E-state index in [2.05, 4.69) is 4.90 Å². The van der Waals surface area contributed by atoms with Crippen LogP contribution in [0.3, 0.4) is 0 Å². The Balaban J connectivity index is 2.36. The van der Waals surface area contributed by atoms with E-state index >= 15 is 0 Å². The summed E-state index contributed by atoms with van der Waals surface area (Å²) in [6.45, 7) is 4.55. The minimum Gasteiger partial charge on any atom is -0.393 e. The number of hydrogen-bond acceptors (Lipinski definition) is 3. The highest BCUT2D eigenvalue weighted by molar-refractivity contribution is 6.00. The highest BCUT2D eigenvalue weighted by Gasteiger charge is 2.21. The number of rotatable bonds is 2. The molecule has 0 atom stereocenters. The molecule has 4 heteroatoms. The molecule has 3 nitrogen and oxygen atoms in total. The molecule has 98 valence electrons. The van der Waals surface area contributed by atoms with Crippen LogP contribution in [-0.2, 0) is 0 Å². The van der Waals surface area contributed by atoms with Crippen LogP contribution in [0.15, 0.2) is 12.1 Å². The van der Waals surface area contributed by atoms with Crippen molar-refractivity contribution in [1.29, 1.82) is 0 Å². The Labute approximate surface area is 106 Å². The highest BCUT2D eigenvalue weighted by atomic mass is 19.1. The van der Waals surface area contributed by atoms with Crippen molar-refractivity contribution in [2.45, 2.75) is 32.8 Å². The summed E-state index contributed by atoms with van der Waals surface area (Å²) in [5.41, 5.74) is 1.75. The van der Waals surface area contributed by atoms with Crippen LogP contribution in [-0.4, -0.2) is 30.1 Å². The van der Waals surface area contributed by atoms with Gasteiger partial charge >= 0.3 is 0 Å². The molecule has 1 aromatic rings. The summed E-state index contributed by atoms with van der Waals surface area (Å²) in [4.78, 5) is 13.6. The lowest BCUT2D eigenvalue weighted by molar-refractivity contribution is 0.101. The van der Waals surface area contributed by atoms with Gasteiger partial charge in [0.15, 0.2) is 5.78 Å². The molecule has 0 unspecified atom stereocenters. The Bertz CT molecular complexity index is 465. The topological polar surface area (TPSA) is 40.5 Å². The Morgan fingerprint density at radius 3 is 2.56 bits per heavy atom. The maximum Gasteiger partial charge on any atom is 0.161 e. The van der Waals surface area contributed by atoms with E-state index in [1.807, 2.05) is 0 Å². The number of hydrogen-bond donors (Lipinski definition) is 1. The van der Waals surface area contributed by atoms with E-state index in [1.165, 1.54) is 13.0 Å². The number of Topliss-reactive ketones (excluding diaryl/α,β-unsaturated/α-hetero) is 1. The molecule has 0 radical (unpaired) electrons. The number of carbonyl (C=O) groups excluding carboxylic acids is 1. The molecule has 0 aliphatic carbocycles. The standard InChI is InChI=1S/C14H18FNO2/c1-9-7-14(12(10(2)17)8-13(9)15)16-5-3-11(18)4-6-16/h7-8,11,18H,3-6H2,1-2H3. The first kappa shape index (κ1) is 13.0. The summed E-state index contributed by atoms with van der Waals surface area (Å²) >= 11 is 0. The van der Waals surface area contributed by atoms with Crippen LogP contribution in [0.5, 0.6) is 0 Å². The molecular formula is C14H18FNO2. The molecule has 1 aliphatic rings. The SMILES string of the molecule is CC(=O)c1cc(F)c(C)cc1N1CCC(O)CC1. The Morgan fingerprint density at radius 1 is 1.39 bits per heavy atom. The van der Waals surface area contributed by atoms with Gasteiger partial charge in [0.05, 0.1) is 6.10 Å². The first-order valence-electron chi connectivity index (χ1n) is 6.23. The quantitative estimate of drug-likeness (QED) is 0.820. The Hall–Kier alpha value is -1.42. The largest absolute Gasteiger partial charge is 0.393 e. The first-order chi connectivity index (χ1) is 8.49. The molecule has 0 saturated carbocycles. The summed E-state index contributed by atoms with van der Waals surface area (Å²) in [6, 6.07) is 3.04. The summed E-state index contributed by atoms with van der Waals surface area (Å²) in [7, 11) is 0. The van der Waals surface area contributed by atoms with Crippen LogP contribution in [0.2, 0.25) is 0 Å². The van der Waals surface area contributed by atoms with Crippen molar-refractivity contribution in [2.75, 3.05) is 18.0 Å². The summed E-state index contributed by atoms with van der Waals surface area (Å²) in [5, 5.41) is 9.50. The Kier molecular flexibility index (Phi) is 3.66. The number of nitrogens with zero attached hydrogens (tertiary/aromatic N) is 1. The highest BCUT2D eigenvalue weighted by Crippen LogP contribution is 2.27. The maximum atomic E-state index is 13.5. The van der Waals surface area contributed by atoms with E-state index in [0.29, 0.717) is 37.1 Å². The number of benzene rings is 1. The van der Waals surface area contributed by atoms with Crippen LogP contribution in [0, 0.1) is 12.7 Å². The van der Waals surface area contributed by atoms with Gasteiger partial charge in [-0.05, 0) is 44.4 Å². The van der Waals surface area contributed by atoms with E-state index in [9.17, 15) is 14.3 Å². The number of aliphatic hydroxyl groups is 1. The predicted molar refractivity (Wildman–Crippen MR) is 68.6 cm³/mol. The number of anilines is 1. The second-order valence-corrected chi connectivity index (χ2v) is 4.89. The van der Waals surface area contributed by atoms with Gasteiger partial charge in [-0.25, -0.2) is 4.39 Å². The lowest BCUT2D eigenvalue weighted by Crippen LogP contribution is -2.36. The lowest BCUT2D eigenvalue weighted by Gasteiger charge is -2.32. The molecule has 0 bridgehead atoms. The van der Waals surface area contributed by atoms with E-state index in [-0.39, 0.29) is 17.7 Å². The van der Waals surface area contributed by atoms with Crippen LogP contribution >= 0.6 is 0 Å². The van der Waals surface area contributed by atoms with Crippen molar-refractivity contribution in [3.8, 4) is 0 Å². The number of aryl methyl sites for hydroxylation is 1. The molecule has 18 heavy (non-hydrogen) atoms. The third kappa shape index (κ3) is 2.53. The van der Waals surface area contributed by atoms with Crippen molar-refractivity contribution in [3.63, 3.8) is 0 Å². The predicted octanol–water partition coefficient (Wildman–Crippen LogP) is 2.30. The zero-order chi connectivity index (χ0) is 13.3. The van der Waals surface area contributed by atoms with E-state index in [1.54, 1.807) is 13.0 Å².